The number of hydroxylamine groups is 1. The lowest BCUT2D eigenvalue weighted by atomic mass is 9.93. The molecule has 1 aromatic carbocycles. The molecule has 1 aliphatic heterocycles. The van der Waals surface area contributed by atoms with Crippen molar-refractivity contribution in [3.05, 3.63) is 53.1 Å². The molecule has 188 valence electrons. The van der Waals surface area contributed by atoms with Gasteiger partial charge in [0.05, 0.1) is 25.0 Å². The van der Waals surface area contributed by atoms with Gasteiger partial charge in [-0.3, -0.25) is 19.3 Å². The van der Waals surface area contributed by atoms with Crippen LogP contribution in [0.15, 0.2) is 36.0 Å². The van der Waals surface area contributed by atoms with E-state index in [1.807, 2.05) is 10.8 Å². The molecule has 35 heavy (non-hydrogen) atoms. The largest absolute Gasteiger partial charge is 0.297 e. The zero-order valence-electron chi connectivity index (χ0n) is 19.9. The Hall–Kier alpha value is -2.56. The second kappa shape index (κ2) is 11.9. The van der Waals surface area contributed by atoms with Gasteiger partial charge in [-0.05, 0) is 49.8 Å². The number of carbonyl (C=O) groups excluding carboxylic acids is 2. The number of likely N-dealkylation sites (tertiary alicyclic amines) is 1. The Morgan fingerprint density at radius 3 is 2.83 bits per heavy atom. The van der Waals surface area contributed by atoms with Gasteiger partial charge in [-0.2, -0.15) is 12.6 Å². The number of nitrogens with one attached hydrogen (secondary N) is 1. The van der Waals surface area contributed by atoms with Crippen molar-refractivity contribution >= 4 is 30.4 Å². The van der Waals surface area contributed by atoms with Gasteiger partial charge in [0.25, 0.3) is 0 Å². The van der Waals surface area contributed by atoms with Crippen LogP contribution >= 0.6 is 12.6 Å². The van der Waals surface area contributed by atoms with Gasteiger partial charge >= 0.3 is 0 Å². The lowest BCUT2D eigenvalue weighted by molar-refractivity contribution is -0.131. The van der Waals surface area contributed by atoms with Crippen molar-refractivity contribution in [1.82, 2.24) is 25.4 Å². The number of carbonyl (C=O) groups is 2. The summed E-state index contributed by atoms with van der Waals surface area (Å²) >= 11 is 4.79. The Morgan fingerprint density at radius 1 is 1.29 bits per heavy atom. The highest BCUT2D eigenvalue weighted by Gasteiger charge is 2.40. The van der Waals surface area contributed by atoms with Crippen LogP contribution in [-0.4, -0.2) is 57.0 Å². The van der Waals surface area contributed by atoms with E-state index in [1.54, 1.807) is 24.4 Å². The molecule has 2 atom stereocenters. The molecule has 1 amide bonds. The predicted octanol–water partition coefficient (Wildman–Crippen LogP) is 3.37. The number of unbranched alkanes of at least 4 members (excludes halogenated alkanes) is 1. The van der Waals surface area contributed by atoms with Gasteiger partial charge in [-0.25, -0.2) is 14.6 Å². The maximum absolute atomic E-state index is 14.8. The van der Waals surface area contributed by atoms with E-state index < -0.39 is 6.04 Å². The molecule has 2 fully saturated rings. The second-order valence-corrected chi connectivity index (χ2v) is 9.79. The molecule has 1 aromatic heterocycles. The molecule has 2 heterocycles. The summed E-state index contributed by atoms with van der Waals surface area (Å²) < 4.78 is 16.6. The van der Waals surface area contributed by atoms with Crippen molar-refractivity contribution < 1.29 is 18.8 Å². The number of benzene rings is 1. The number of hydrogen-bond donors (Lipinski definition) is 2. The molecular formula is C25H32FN5O3S. The molecule has 1 N–H and O–H groups in total. The Labute approximate surface area is 210 Å². The van der Waals surface area contributed by atoms with Gasteiger partial charge in [0.15, 0.2) is 5.78 Å². The van der Waals surface area contributed by atoms with E-state index in [2.05, 4.69) is 25.5 Å². The molecular weight excluding hydrogens is 469 g/mol. The fourth-order valence-corrected chi connectivity index (χ4v) is 4.80. The molecule has 1 aliphatic carbocycles. The van der Waals surface area contributed by atoms with E-state index in [1.165, 1.54) is 13.2 Å². The lowest BCUT2D eigenvalue weighted by Gasteiger charge is -2.37. The number of rotatable bonds is 11. The maximum atomic E-state index is 14.8. The number of amides is 1. The van der Waals surface area contributed by atoms with E-state index in [-0.39, 0.29) is 28.7 Å². The van der Waals surface area contributed by atoms with Gasteiger partial charge in [-0.15, -0.1) is 5.10 Å². The van der Waals surface area contributed by atoms with Gasteiger partial charge in [0, 0.05) is 42.8 Å². The zero-order chi connectivity index (χ0) is 24.8. The summed E-state index contributed by atoms with van der Waals surface area (Å²) in [4.78, 5) is 31.5. The Kier molecular flexibility index (Phi) is 8.69. The van der Waals surface area contributed by atoms with E-state index in [0.29, 0.717) is 38.0 Å². The molecule has 2 unspecified atom stereocenters. The topological polar surface area (TPSA) is 89.3 Å². The van der Waals surface area contributed by atoms with Crippen molar-refractivity contribution in [2.75, 3.05) is 20.2 Å². The van der Waals surface area contributed by atoms with Crippen molar-refractivity contribution in [1.29, 1.82) is 0 Å². The van der Waals surface area contributed by atoms with Crippen LogP contribution in [0.4, 0.5) is 4.39 Å². The summed E-state index contributed by atoms with van der Waals surface area (Å²) in [7, 11) is 1.41. The molecule has 8 nitrogen and oxygen atoms in total. The molecule has 1 saturated carbocycles. The fourth-order valence-electron chi connectivity index (χ4n) is 4.53. The normalized spacial score (nSPS) is 20.7. The molecule has 0 bridgehead atoms. The van der Waals surface area contributed by atoms with Crippen LogP contribution in [-0.2, 0) is 21.0 Å². The van der Waals surface area contributed by atoms with E-state index in [9.17, 15) is 14.0 Å². The smallest absolute Gasteiger partial charge is 0.243 e. The first kappa shape index (κ1) is 25.5. The third-order valence-electron chi connectivity index (χ3n) is 6.54. The number of halogens is 1. The Balaban J connectivity index is 1.47. The van der Waals surface area contributed by atoms with Gasteiger partial charge in [-0.1, -0.05) is 23.4 Å². The summed E-state index contributed by atoms with van der Waals surface area (Å²) in [6.45, 7) is 1.82. The number of Topliss-reactive ketones (excluding diaryl/α,β-unsaturated/α-hetero) is 1. The minimum Gasteiger partial charge on any atom is -0.297 e. The highest BCUT2D eigenvalue weighted by molar-refractivity contribution is 7.81. The number of aromatic nitrogens is 3. The number of thiol groups is 1. The molecule has 2 aromatic rings. The summed E-state index contributed by atoms with van der Waals surface area (Å²) in [5.41, 5.74) is 4.66. The number of ketones is 1. The quantitative estimate of drug-likeness (QED) is 0.279. The monoisotopic (exact) mass is 501 g/mol. The highest BCUT2D eigenvalue weighted by atomic mass is 32.1. The molecule has 0 spiro atoms. The summed E-state index contributed by atoms with van der Waals surface area (Å²) in [5.74, 6) is -0.362. The number of nitrogens with zero attached hydrogens (tertiary/aromatic N) is 4. The van der Waals surface area contributed by atoms with Crippen molar-refractivity contribution in [3.63, 3.8) is 0 Å². The second-order valence-electron chi connectivity index (χ2n) is 9.16. The van der Waals surface area contributed by atoms with Crippen LogP contribution in [0, 0.1) is 11.7 Å². The minimum absolute atomic E-state index is 0.0253. The zero-order valence-corrected chi connectivity index (χ0v) is 20.8. The van der Waals surface area contributed by atoms with E-state index in [0.717, 1.165) is 37.0 Å². The number of hydrogen-bond acceptors (Lipinski definition) is 7. The van der Waals surface area contributed by atoms with Crippen LogP contribution in [0.1, 0.15) is 55.8 Å². The first-order valence-electron chi connectivity index (χ1n) is 12.1. The van der Waals surface area contributed by atoms with Gasteiger partial charge in [0.1, 0.15) is 5.82 Å². The fraction of sp³-hybridized carbons (Fsp3) is 0.520. The standard InChI is InChI=1S/C25H32FN5O3S/c1-34-28-23(32)8-4-5-12-31-19(15-27-29-31)14-18-16-30(13-11-22(18)35)24(25(33)17-9-10-17)20-6-2-3-7-21(20)26/h2-3,6-7,14-15,17,22,24,35H,4-5,8-13,16H2,1H3,(H,28,32)/b18-14-. The molecule has 1 saturated heterocycles. The van der Waals surface area contributed by atoms with Crippen LogP contribution in [0.5, 0.6) is 0 Å². The summed E-state index contributed by atoms with van der Waals surface area (Å²) in [6, 6.07) is 6.00. The molecule has 2 aliphatic rings. The van der Waals surface area contributed by atoms with Crippen molar-refractivity contribution in [2.24, 2.45) is 5.92 Å². The van der Waals surface area contributed by atoms with Crippen LogP contribution in [0.2, 0.25) is 0 Å². The lowest BCUT2D eigenvalue weighted by Crippen LogP contribution is -2.42. The minimum atomic E-state index is -0.589. The SMILES string of the molecule is CONC(=O)CCCCn1nncc1/C=C1/CN(C(C(=O)C2CC2)c2ccccc2F)CCC1S. The molecule has 10 heteroatoms. The average Bonchev–Trinajstić information content (AvgIpc) is 3.61. The first-order chi connectivity index (χ1) is 17.0. The van der Waals surface area contributed by atoms with Crippen molar-refractivity contribution in [3.8, 4) is 0 Å². The van der Waals surface area contributed by atoms with Crippen molar-refractivity contribution in [2.45, 2.75) is 56.4 Å². The number of aryl methyl sites for hydroxylation is 1. The van der Waals surface area contributed by atoms with Crippen LogP contribution < -0.4 is 5.48 Å². The predicted molar refractivity (Wildman–Crippen MR) is 133 cm³/mol. The molecule has 4 rings (SSSR count). The average molecular weight is 502 g/mol. The third-order valence-corrected chi connectivity index (χ3v) is 7.13. The van der Waals surface area contributed by atoms with E-state index in [4.69, 9.17) is 12.6 Å². The summed E-state index contributed by atoms with van der Waals surface area (Å²) in [5, 5.41) is 8.28. The van der Waals surface area contributed by atoms with Gasteiger partial charge < -0.3 is 0 Å². The van der Waals surface area contributed by atoms with Gasteiger partial charge in [0.2, 0.25) is 5.91 Å². The Bertz CT molecular complexity index is 1070. The van der Waals surface area contributed by atoms with Crippen LogP contribution in [0.3, 0.4) is 0 Å². The van der Waals surface area contributed by atoms with Crippen LogP contribution in [0.25, 0.3) is 6.08 Å². The third kappa shape index (κ3) is 6.56. The Morgan fingerprint density at radius 2 is 2.09 bits per heavy atom. The first-order valence-corrected chi connectivity index (χ1v) is 12.6. The maximum Gasteiger partial charge on any atom is 0.243 e. The highest BCUT2D eigenvalue weighted by Crippen LogP contribution is 2.39. The summed E-state index contributed by atoms with van der Waals surface area (Å²) in [6.07, 6.45) is 8.09. The molecule has 0 radical (unpaired) electrons. The van der Waals surface area contributed by atoms with E-state index >= 15 is 0 Å². The number of piperidine rings is 1.